The molecule has 1 spiro atoms. The van der Waals surface area contributed by atoms with E-state index in [4.69, 9.17) is 9.47 Å². The Bertz CT molecular complexity index is 823. The fraction of sp³-hybridized carbons (Fsp3) is 0.524. The van der Waals surface area contributed by atoms with E-state index in [1.54, 1.807) is 18.4 Å². The molecule has 3 heterocycles. The zero-order valence-corrected chi connectivity index (χ0v) is 17.0. The van der Waals surface area contributed by atoms with Crippen molar-refractivity contribution in [2.24, 2.45) is 0 Å². The van der Waals surface area contributed by atoms with Gasteiger partial charge in [0.2, 0.25) is 0 Å². The molecule has 5 nitrogen and oxygen atoms in total. The molecule has 1 amide bonds. The van der Waals surface area contributed by atoms with E-state index in [-0.39, 0.29) is 11.5 Å². The van der Waals surface area contributed by atoms with Crippen molar-refractivity contribution in [1.29, 1.82) is 0 Å². The Morgan fingerprint density at radius 3 is 2.78 bits per heavy atom. The van der Waals surface area contributed by atoms with Crippen LogP contribution in [0.25, 0.3) is 0 Å². The van der Waals surface area contributed by atoms with Gasteiger partial charge in [0.25, 0.3) is 5.91 Å². The lowest BCUT2D eigenvalue weighted by Crippen LogP contribution is -2.48. The maximum absolute atomic E-state index is 12.9. The first kappa shape index (κ1) is 18.4. The maximum Gasteiger partial charge on any atom is 0.273 e. The predicted molar refractivity (Wildman–Crippen MR) is 106 cm³/mol. The van der Waals surface area contributed by atoms with E-state index in [1.807, 2.05) is 22.4 Å². The van der Waals surface area contributed by atoms with E-state index in [1.165, 1.54) is 11.1 Å². The molecule has 0 saturated carbocycles. The van der Waals surface area contributed by atoms with E-state index in [0.29, 0.717) is 24.7 Å². The molecule has 0 atom stereocenters. The van der Waals surface area contributed by atoms with Crippen LogP contribution in [0, 0.1) is 0 Å². The van der Waals surface area contributed by atoms with Crippen LogP contribution in [0.1, 0.15) is 59.2 Å². The summed E-state index contributed by atoms with van der Waals surface area (Å²) >= 11 is 1.57. The molecule has 1 fully saturated rings. The van der Waals surface area contributed by atoms with Gasteiger partial charge < -0.3 is 14.4 Å². The van der Waals surface area contributed by atoms with Gasteiger partial charge in [0.15, 0.2) is 0 Å². The molecule has 1 aromatic heterocycles. The van der Waals surface area contributed by atoms with Crippen LogP contribution in [0.15, 0.2) is 23.6 Å². The number of benzene rings is 1. The van der Waals surface area contributed by atoms with E-state index in [0.717, 1.165) is 36.6 Å². The third kappa shape index (κ3) is 3.25. The number of likely N-dealkylation sites (tertiary alicyclic amines) is 1. The quantitative estimate of drug-likeness (QED) is 0.801. The topological polar surface area (TPSA) is 51.7 Å². The lowest BCUT2D eigenvalue weighted by Gasteiger charge is -2.45. The second kappa shape index (κ2) is 7.24. The molecule has 0 bridgehead atoms. The molecule has 144 valence electrons. The smallest absolute Gasteiger partial charge is 0.273 e. The number of carbonyl (C=O) groups is 1. The van der Waals surface area contributed by atoms with Crippen molar-refractivity contribution in [2.45, 2.75) is 44.6 Å². The lowest BCUT2D eigenvalue weighted by molar-refractivity contribution is -0.0947. The summed E-state index contributed by atoms with van der Waals surface area (Å²) < 4.78 is 12.0. The molecule has 1 saturated heterocycles. The van der Waals surface area contributed by atoms with Crippen LogP contribution in [-0.2, 0) is 16.8 Å². The fourth-order valence-corrected chi connectivity index (χ4v) is 4.99. The van der Waals surface area contributed by atoms with Crippen molar-refractivity contribution in [3.05, 3.63) is 45.4 Å². The molecular formula is C21H26N2O3S. The van der Waals surface area contributed by atoms with Crippen molar-refractivity contribution in [3.8, 4) is 5.75 Å². The van der Waals surface area contributed by atoms with Crippen LogP contribution >= 0.6 is 11.3 Å². The molecule has 0 radical (unpaired) electrons. The van der Waals surface area contributed by atoms with Gasteiger partial charge in [-0.05, 0) is 30.9 Å². The molecular weight excluding hydrogens is 360 g/mol. The summed E-state index contributed by atoms with van der Waals surface area (Å²) in [6.07, 6.45) is 2.48. The number of amides is 1. The molecule has 0 unspecified atom stereocenters. The first-order valence-corrected chi connectivity index (χ1v) is 10.5. The van der Waals surface area contributed by atoms with Gasteiger partial charge in [-0.25, -0.2) is 4.98 Å². The van der Waals surface area contributed by atoms with Crippen LogP contribution in [-0.4, -0.2) is 42.6 Å². The SMILES string of the molecule is COc1cccc2c1C1(CCN(C(=O)c3csc(C(C)C)n3)CC1)OCC2. The second-order valence-electron chi connectivity index (χ2n) is 7.61. The second-order valence-corrected chi connectivity index (χ2v) is 8.49. The van der Waals surface area contributed by atoms with Crippen molar-refractivity contribution < 1.29 is 14.3 Å². The van der Waals surface area contributed by atoms with E-state index in [2.05, 4.69) is 24.9 Å². The van der Waals surface area contributed by atoms with Crippen LogP contribution < -0.4 is 4.74 Å². The average molecular weight is 387 g/mol. The summed E-state index contributed by atoms with van der Waals surface area (Å²) in [5.74, 6) is 1.28. The maximum atomic E-state index is 12.9. The molecule has 1 aromatic carbocycles. The third-order valence-electron chi connectivity index (χ3n) is 5.63. The summed E-state index contributed by atoms with van der Waals surface area (Å²) in [6.45, 7) is 6.26. The number of ether oxygens (including phenoxy) is 2. The Balaban J connectivity index is 1.53. The summed E-state index contributed by atoms with van der Waals surface area (Å²) in [6, 6.07) is 6.22. The van der Waals surface area contributed by atoms with Gasteiger partial charge in [0.1, 0.15) is 17.0 Å². The van der Waals surface area contributed by atoms with Gasteiger partial charge in [-0.15, -0.1) is 11.3 Å². The van der Waals surface area contributed by atoms with E-state index >= 15 is 0 Å². The minimum atomic E-state index is -0.345. The van der Waals surface area contributed by atoms with Crippen molar-refractivity contribution >= 4 is 17.2 Å². The number of fused-ring (bicyclic) bond motifs is 2. The number of methoxy groups -OCH3 is 1. The Morgan fingerprint density at radius 2 is 2.11 bits per heavy atom. The normalized spacial score (nSPS) is 18.6. The predicted octanol–water partition coefficient (Wildman–Crippen LogP) is 3.98. The highest BCUT2D eigenvalue weighted by molar-refractivity contribution is 7.09. The molecule has 2 aromatic rings. The van der Waals surface area contributed by atoms with Crippen LogP contribution in [0.4, 0.5) is 0 Å². The summed E-state index contributed by atoms with van der Waals surface area (Å²) in [7, 11) is 1.71. The number of piperidine rings is 1. The largest absolute Gasteiger partial charge is 0.496 e. The number of rotatable bonds is 3. The summed E-state index contributed by atoms with van der Waals surface area (Å²) in [5, 5.41) is 2.90. The van der Waals surface area contributed by atoms with Gasteiger partial charge in [0, 0.05) is 30.0 Å². The van der Waals surface area contributed by atoms with Crippen molar-refractivity contribution in [2.75, 3.05) is 26.8 Å². The highest BCUT2D eigenvalue weighted by Gasteiger charge is 2.43. The molecule has 0 aliphatic carbocycles. The van der Waals surface area contributed by atoms with Gasteiger partial charge >= 0.3 is 0 Å². The molecule has 2 aliphatic heterocycles. The van der Waals surface area contributed by atoms with Gasteiger partial charge in [0.05, 0.1) is 18.7 Å². The first-order chi connectivity index (χ1) is 13.0. The minimum Gasteiger partial charge on any atom is -0.496 e. The monoisotopic (exact) mass is 386 g/mol. The number of nitrogens with zero attached hydrogens (tertiary/aromatic N) is 2. The van der Waals surface area contributed by atoms with Gasteiger partial charge in [-0.2, -0.15) is 0 Å². The van der Waals surface area contributed by atoms with Crippen LogP contribution in [0.2, 0.25) is 0 Å². The van der Waals surface area contributed by atoms with Crippen molar-refractivity contribution in [1.82, 2.24) is 9.88 Å². The number of aromatic nitrogens is 1. The minimum absolute atomic E-state index is 0.0315. The highest BCUT2D eigenvalue weighted by Crippen LogP contribution is 2.45. The Labute approximate surface area is 164 Å². The number of hydrogen-bond acceptors (Lipinski definition) is 5. The standard InChI is InChI=1S/C21H26N2O3S/c1-14(2)19-22-16(13-27-19)20(24)23-10-8-21(9-11-23)18-15(7-12-26-21)5-4-6-17(18)25-3/h4-6,13-14H,7-12H2,1-3H3. The number of thiazole rings is 1. The third-order valence-corrected chi connectivity index (χ3v) is 6.78. The van der Waals surface area contributed by atoms with E-state index in [9.17, 15) is 4.79 Å². The lowest BCUT2D eigenvalue weighted by atomic mass is 9.78. The number of hydrogen-bond donors (Lipinski definition) is 0. The van der Waals surface area contributed by atoms with Gasteiger partial charge in [-0.3, -0.25) is 4.79 Å². The first-order valence-electron chi connectivity index (χ1n) is 9.59. The van der Waals surface area contributed by atoms with Crippen molar-refractivity contribution in [3.63, 3.8) is 0 Å². The van der Waals surface area contributed by atoms with Gasteiger partial charge in [-0.1, -0.05) is 26.0 Å². The van der Waals surface area contributed by atoms with Crippen LogP contribution in [0.5, 0.6) is 5.75 Å². The van der Waals surface area contributed by atoms with E-state index < -0.39 is 0 Å². The summed E-state index contributed by atoms with van der Waals surface area (Å²) in [5.41, 5.74) is 2.72. The Kier molecular flexibility index (Phi) is 4.95. The Morgan fingerprint density at radius 1 is 1.33 bits per heavy atom. The summed E-state index contributed by atoms with van der Waals surface area (Å²) in [4.78, 5) is 19.3. The molecule has 2 aliphatic rings. The highest BCUT2D eigenvalue weighted by atomic mass is 32.1. The zero-order valence-electron chi connectivity index (χ0n) is 16.2. The molecule has 4 rings (SSSR count). The Hall–Kier alpha value is -1.92. The molecule has 6 heteroatoms. The fourth-order valence-electron chi connectivity index (χ4n) is 4.18. The number of carbonyl (C=O) groups excluding carboxylic acids is 1. The molecule has 27 heavy (non-hydrogen) atoms. The zero-order chi connectivity index (χ0) is 19.0. The average Bonchev–Trinajstić information content (AvgIpc) is 3.18. The van der Waals surface area contributed by atoms with Crippen LogP contribution in [0.3, 0.4) is 0 Å². The molecule has 0 N–H and O–H groups in total.